The summed E-state index contributed by atoms with van der Waals surface area (Å²) in [4.78, 5) is 10.7. The molecule has 1 aliphatic rings. The Morgan fingerprint density at radius 1 is 1.50 bits per heavy atom. The van der Waals surface area contributed by atoms with E-state index >= 15 is 0 Å². The maximum atomic E-state index is 10.7. The summed E-state index contributed by atoms with van der Waals surface area (Å²) in [6, 6.07) is 2.00. The maximum absolute atomic E-state index is 10.7. The van der Waals surface area contributed by atoms with Crippen molar-refractivity contribution in [2.24, 2.45) is 5.41 Å². The first-order valence-electron chi connectivity index (χ1n) is 3.32. The third kappa shape index (κ3) is 1.02. The minimum atomic E-state index is -0.832. The Morgan fingerprint density at radius 3 is 2.20 bits per heavy atom. The summed E-state index contributed by atoms with van der Waals surface area (Å²) < 4.78 is 0. The molecule has 1 rings (SSSR count). The van der Waals surface area contributed by atoms with Gasteiger partial charge >= 0.3 is 0 Å². The number of hydrogen-bond donors (Lipinski definition) is 0. The zero-order valence-corrected chi connectivity index (χ0v) is 6.32. The molecule has 1 aliphatic carbocycles. The molecular weight excluding hydrogens is 150 g/mol. The lowest BCUT2D eigenvalue weighted by atomic mass is 9.90. The van der Waals surface area contributed by atoms with Crippen LogP contribution in [-0.4, -0.2) is 5.24 Å². The normalized spacial score (nSPS) is 22.0. The smallest absolute Gasteiger partial charge is 0.241 e. The van der Waals surface area contributed by atoms with E-state index in [-0.39, 0.29) is 0 Å². The number of rotatable bonds is 1. The van der Waals surface area contributed by atoms with Crippen molar-refractivity contribution in [3.8, 4) is 6.07 Å². The van der Waals surface area contributed by atoms with E-state index in [2.05, 4.69) is 0 Å². The van der Waals surface area contributed by atoms with Gasteiger partial charge in [-0.25, -0.2) is 0 Å². The van der Waals surface area contributed by atoms with Gasteiger partial charge in [0.05, 0.1) is 6.07 Å². The fraction of sp³-hybridized carbons (Fsp3) is 0.714. The maximum Gasteiger partial charge on any atom is 0.241 e. The monoisotopic (exact) mass is 157 g/mol. The molecule has 10 heavy (non-hydrogen) atoms. The Hall–Kier alpha value is -0.550. The van der Waals surface area contributed by atoms with Crippen LogP contribution in [0.3, 0.4) is 0 Å². The SMILES string of the molecule is N#CC1(C(=O)Cl)CCCC1. The molecule has 0 aliphatic heterocycles. The first-order valence-corrected chi connectivity index (χ1v) is 3.70. The number of halogens is 1. The first kappa shape index (κ1) is 7.56. The van der Waals surface area contributed by atoms with Gasteiger partial charge in [-0.1, -0.05) is 12.8 Å². The molecule has 3 heteroatoms. The van der Waals surface area contributed by atoms with Crippen molar-refractivity contribution in [3.63, 3.8) is 0 Å². The van der Waals surface area contributed by atoms with Crippen LogP contribution in [0.4, 0.5) is 0 Å². The lowest BCUT2D eigenvalue weighted by Gasteiger charge is -2.12. The molecule has 0 saturated heterocycles. The Kier molecular flexibility index (Phi) is 1.96. The van der Waals surface area contributed by atoms with Crippen molar-refractivity contribution in [1.82, 2.24) is 0 Å². The highest BCUT2D eigenvalue weighted by Crippen LogP contribution is 2.39. The summed E-state index contributed by atoms with van der Waals surface area (Å²) in [5.41, 5.74) is -0.832. The summed E-state index contributed by atoms with van der Waals surface area (Å²) in [6.45, 7) is 0. The zero-order chi connectivity index (χ0) is 7.61. The predicted molar refractivity (Wildman–Crippen MR) is 37.4 cm³/mol. The van der Waals surface area contributed by atoms with E-state index in [0.717, 1.165) is 12.8 Å². The van der Waals surface area contributed by atoms with Crippen molar-refractivity contribution >= 4 is 16.8 Å². The van der Waals surface area contributed by atoms with Crippen molar-refractivity contribution in [3.05, 3.63) is 0 Å². The van der Waals surface area contributed by atoms with Crippen molar-refractivity contribution in [2.75, 3.05) is 0 Å². The van der Waals surface area contributed by atoms with Crippen LogP contribution in [0, 0.1) is 16.7 Å². The van der Waals surface area contributed by atoms with E-state index in [0.29, 0.717) is 12.8 Å². The highest BCUT2D eigenvalue weighted by atomic mass is 35.5. The molecule has 0 unspecified atom stereocenters. The van der Waals surface area contributed by atoms with Crippen LogP contribution >= 0.6 is 11.6 Å². The summed E-state index contributed by atoms with van der Waals surface area (Å²) in [5, 5.41) is 8.15. The fourth-order valence-electron chi connectivity index (χ4n) is 1.33. The quantitative estimate of drug-likeness (QED) is 0.545. The van der Waals surface area contributed by atoms with Crippen LogP contribution in [0.25, 0.3) is 0 Å². The van der Waals surface area contributed by atoms with Crippen molar-refractivity contribution < 1.29 is 4.79 Å². The number of carbonyl (C=O) groups is 1. The Balaban J connectivity index is 2.80. The van der Waals surface area contributed by atoms with Gasteiger partial charge in [0.25, 0.3) is 0 Å². The molecule has 0 aromatic carbocycles. The molecule has 1 saturated carbocycles. The number of nitrogens with zero attached hydrogens (tertiary/aromatic N) is 1. The van der Waals surface area contributed by atoms with Gasteiger partial charge in [0.2, 0.25) is 5.24 Å². The van der Waals surface area contributed by atoms with Gasteiger partial charge in [-0.2, -0.15) is 5.26 Å². The molecule has 0 aromatic rings. The van der Waals surface area contributed by atoms with E-state index in [1.807, 2.05) is 6.07 Å². The Bertz CT molecular complexity index is 188. The minimum Gasteiger partial charge on any atom is -0.279 e. The van der Waals surface area contributed by atoms with Crippen molar-refractivity contribution in [1.29, 1.82) is 5.26 Å². The van der Waals surface area contributed by atoms with E-state index in [4.69, 9.17) is 16.9 Å². The molecular formula is C7H8ClNO. The third-order valence-electron chi connectivity index (χ3n) is 2.05. The highest BCUT2D eigenvalue weighted by Gasteiger charge is 2.40. The van der Waals surface area contributed by atoms with Gasteiger partial charge < -0.3 is 0 Å². The highest BCUT2D eigenvalue weighted by molar-refractivity contribution is 6.65. The van der Waals surface area contributed by atoms with Gasteiger partial charge in [0, 0.05) is 0 Å². The van der Waals surface area contributed by atoms with Crippen LogP contribution in [0.1, 0.15) is 25.7 Å². The largest absolute Gasteiger partial charge is 0.279 e. The van der Waals surface area contributed by atoms with E-state index in [1.54, 1.807) is 0 Å². The van der Waals surface area contributed by atoms with Gasteiger partial charge in [0.1, 0.15) is 5.41 Å². The molecule has 0 heterocycles. The molecule has 0 bridgehead atoms. The third-order valence-corrected chi connectivity index (χ3v) is 2.41. The first-order chi connectivity index (χ1) is 4.71. The second kappa shape index (κ2) is 2.59. The average Bonchev–Trinajstić information content (AvgIpc) is 2.35. The standard InChI is InChI=1S/C7H8ClNO/c8-6(10)7(5-9)3-1-2-4-7/h1-4H2. The molecule has 2 nitrogen and oxygen atoms in total. The molecule has 0 amide bonds. The van der Waals surface area contributed by atoms with Crippen LogP contribution < -0.4 is 0 Å². The summed E-state index contributed by atoms with van der Waals surface area (Å²) in [6.07, 6.45) is 3.19. The second-order valence-electron chi connectivity index (χ2n) is 2.67. The van der Waals surface area contributed by atoms with Gasteiger partial charge in [0.15, 0.2) is 0 Å². The molecule has 0 radical (unpaired) electrons. The Labute approximate surface area is 64.8 Å². The summed E-state index contributed by atoms with van der Waals surface area (Å²) >= 11 is 5.28. The van der Waals surface area contributed by atoms with Crippen molar-refractivity contribution in [2.45, 2.75) is 25.7 Å². The molecule has 0 N–H and O–H groups in total. The van der Waals surface area contributed by atoms with E-state index in [9.17, 15) is 4.79 Å². The van der Waals surface area contributed by atoms with E-state index in [1.165, 1.54) is 0 Å². The van der Waals surface area contributed by atoms with Gasteiger partial charge in [-0.05, 0) is 24.4 Å². The number of nitriles is 1. The molecule has 54 valence electrons. The number of carbonyl (C=O) groups excluding carboxylic acids is 1. The molecule has 0 atom stereocenters. The fourth-order valence-corrected chi connectivity index (χ4v) is 1.56. The average molecular weight is 158 g/mol. The molecule has 0 aromatic heterocycles. The van der Waals surface area contributed by atoms with Crippen LogP contribution in [0.5, 0.6) is 0 Å². The minimum absolute atomic E-state index is 0.479. The second-order valence-corrected chi connectivity index (χ2v) is 3.02. The lowest BCUT2D eigenvalue weighted by Crippen LogP contribution is -2.21. The van der Waals surface area contributed by atoms with Gasteiger partial charge in [-0.15, -0.1) is 0 Å². The van der Waals surface area contributed by atoms with E-state index < -0.39 is 10.7 Å². The summed E-state index contributed by atoms with van der Waals surface area (Å²) in [5.74, 6) is 0. The summed E-state index contributed by atoms with van der Waals surface area (Å²) in [7, 11) is 0. The zero-order valence-electron chi connectivity index (χ0n) is 5.56. The van der Waals surface area contributed by atoms with Crippen LogP contribution in [0.2, 0.25) is 0 Å². The van der Waals surface area contributed by atoms with Crippen LogP contribution in [0.15, 0.2) is 0 Å². The van der Waals surface area contributed by atoms with Crippen LogP contribution in [-0.2, 0) is 4.79 Å². The number of hydrogen-bond acceptors (Lipinski definition) is 2. The topological polar surface area (TPSA) is 40.9 Å². The molecule has 0 spiro atoms. The Morgan fingerprint density at radius 2 is 2.00 bits per heavy atom. The predicted octanol–water partition coefficient (Wildman–Crippen LogP) is 1.84. The lowest BCUT2D eigenvalue weighted by molar-refractivity contribution is -0.117. The molecule has 1 fully saturated rings. The van der Waals surface area contributed by atoms with Gasteiger partial charge in [-0.3, -0.25) is 4.79 Å².